The zero-order chi connectivity index (χ0) is 49.6. The largest absolute Gasteiger partial charge is 0.462 e. The normalized spacial score (nSPS) is 12.0. The summed E-state index contributed by atoms with van der Waals surface area (Å²) in [6, 6.07) is 0. The fraction of sp³-hybridized carbons (Fsp3) is 0.952. The lowest BCUT2D eigenvalue weighted by Crippen LogP contribution is -2.30. The zero-order valence-electron chi connectivity index (χ0n) is 46.7. The van der Waals surface area contributed by atoms with E-state index in [9.17, 15) is 14.4 Å². The van der Waals surface area contributed by atoms with Crippen molar-refractivity contribution in [2.24, 2.45) is 11.8 Å². The van der Waals surface area contributed by atoms with Gasteiger partial charge in [-0.25, -0.2) is 0 Å². The highest BCUT2D eigenvalue weighted by molar-refractivity contribution is 5.71. The Morgan fingerprint density at radius 3 is 0.721 bits per heavy atom. The number of hydrogen-bond acceptors (Lipinski definition) is 6. The molecule has 404 valence electrons. The van der Waals surface area contributed by atoms with Gasteiger partial charge in [-0.05, 0) is 31.1 Å². The van der Waals surface area contributed by atoms with Gasteiger partial charge in [0.25, 0.3) is 0 Å². The molecule has 0 saturated carbocycles. The highest BCUT2D eigenvalue weighted by Crippen LogP contribution is 2.19. The van der Waals surface area contributed by atoms with Crippen LogP contribution in [0.15, 0.2) is 0 Å². The number of carbonyl (C=O) groups excluding carboxylic acids is 3. The summed E-state index contributed by atoms with van der Waals surface area (Å²) < 4.78 is 16.9. The molecule has 0 bridgehead atoms. The van der Waals surface area contributed by atoms with E-state index in [-0.39, 0.29) is 31.1 Å². The first-order valence-electron chi connectivity index (χ1n) is 30.7. The van der Waals surface area contributed by atoms with Crippen LogP contribution in [0, 0.1) is 11.8 Å². The molecular formula is C62H120O6. The second-order valence-corrected chi connectivity index (χ2v) is 22.3. The molecule has 0 rings (SSSR count). The van der Waals surface area contributed by atoms with Crippen LogP contribution >= 0.6 is 0 Å². The van der Waals surface area contributed by atoms with Crippen molar-refractivity contribution in [3.05, 3.63) is 0 Å². The maximum atomic E-state index is 12.9. The van der Waals surface area contributed by atoms with E-state index >= 15 is 0 Å². The van der Waals surface area contributed by atoms with Crippen LogP contribution in [0.2, 0.25) is 0 Å². The van der Waals surface area contributed by atoms with Crippen LogP contribution < -0.4 is 0 Å². The summed E-state index contributed by atoms with van der Waals surface area (Å²) in [6.07, 6.45) is 59.6. The quantitative estimate of drug-likeness (QED) is 0.0343. The molecule has 6 nitrogen and oxygen atoms in total. The van der Waals surface area contributed by atoms with E-state index in [1.807, 2.05) is 0 Å². The summed E-state index contributed by atoms with van der Waals surface area (Å²) in [6.45, 7) is 11.4. The van der Waals surface area contributed by atoms with Gasteiger partial charge in [0.05, 0.1) is 0 Å². The van der Waals surface area contributed by atoms with Gasteiger partial charge in [-0.1, -0.05) is 311 Å². The monoisotopic (exact) mass is 961 g/mol. The first-order valence-corrected chi connectivity index (χ1v) is 30.7. The average molecular weight is 962 g/mol. The maximum Gasteiger partial charge on any atom is 0.306 e. The Labute approximate surface area is 425 Å². The molecule has 0 saturated heterocycles. The van der Waals surface area contributed by atoms with E-state index in [2.05, 4.69) is 34.6 Å². The van der Waals surface area contributed by atoms with Gasteiger partial charge in [0, 0.05) is 19.3 Å². The molecule has 6 heteroatoms. The molecular weight excluding hydrogens is 841 g/mol. The Hall–Kier alpha value is -1.59. The van der Waals surface area contributed by atoms with Gasteiger partial charge in [0.1, 0.15) is 13.2 Å². The van der Waals surface area contributed by atoms with E-state index in [4.69, 9.17) is 14.2 Å². The number of ether oxygens (including phenoxy) is 3. The Balaban J connectivity index is 4.27. The first kappa shape index (κ1) is 66.4. The van der Waals surface area contributed by atoms with Crippen molar-refractivity contribution in [1.29, 1.82) is 0 Å². The number of rotatable bonds is 56. The van der Waals surface area contributed by atoms with Gasteiger partial charge in [-0.3, -0.25) is 14.4 Å². The summed E-state index contributed by atoms with van der Waals surface area (Å²) in [5.41, 5.74) is 0. The Morgan fingerprint density at radius 1 is 0.279 bits per heavy atom. The molecule has 0 radical (unpaired) electrons. The molecule has 0 N–H and O–H groups in total. The van der Waals surface area contributed by atoms with E-state index in [1.54, 1.807) is 0 Å². The van der Waals surface area contributed by atoms with E-state index < -0.39 is 6.10 Å². The van der Waals surface area contributed by atoms with Gasteiger partial charge >= 0.3 is 17.9 Å². The van der Waals surface area contributed by atoms with Crippen LogP contribution in [0.4, 0.5) is 0 Å². The minimum absolute atomic E-state index is 0.0624. The van der Waals surface area contributed by atoms with Crippen LogP contribution in [0.1, 0.15) is 349 Å². The molecule has 68 heavy (non-hydrogen) atoms. The minimum atomic E-state index is -0.763. The summed E-state index contributed by atoms with van der Waals surface area (Å²) in [4.78, 5) is 38.2. The summed E-state index contributed by atoms with van der Waals surface area (Å²) in [7, 11) is 0. The number of esters is 3. The maximum absolute atomic E-state index is 12.9. The molecule has 0 aliphatic rings. The lowest BCUT2D eigenvalue weighted by Gasteiger charge is -2.18. The third kappa shape index (κ3) is 55.3. The van der Waals surface area contributed by atoms with Crippen molar-refractivity contribution in [3.8, 4) is 0 Å². The summed E-state index contributed by atoms with van der Waals surface area (Å²) >= 11 is 0. The van der Waals surface area contributed by atoms with Crippen LogP contribution in [0.25, 0.3) is 0 Å². The van der Waals surface area contributed by atoms with Crippen molar-refractivity contribution in [3.63, 3.8) is 0 Å². The van der Waals surface area contributed by atoms with Crippen LogP contribution in [0.3, 0.4) is 0 Å². The van der Waals surface area contributed by atoms with Crippen molar-refractivity contribution in [2.45, 2.75) is 355 Å². The van der Waals surface area contributed by atoms with E-state index in [1.165, 1.54) is 238 Å². The van der Waals surface area contributed by atoms with E-state index in [0.717, 1.165) is 69.6 Å². The van der Waals surface area contributed by atoms with Gasteiger partial charge in [0.15, 0.2) is 6.10 Å². The second kappa shape index (κ2) is 54.7. The Kier molecular flexibility index (Phi) is 53.5. The van der Waals surface area contributed by atoms with Crippen molar-refractivity contribution < 1.29 is 28.6 Å². The van der Waals surface area contributed by atoms with Crippen LogP contribution in [0.5, 0.6) is 0 Å². The highest BCUT2D eigenvalue weighted by Gasteiger charge is 2.19. The van der Waals surface area contributed by atoms with Crippen molar-refractivity contribution >= 4 is 17.9 Å². The third-order valence-electron chi connectivity index (χ3n) is 14.2. The topological polar surface area (TPSA) is 78.9 Å². The molecule has 0 aliphatic heterocycles. The lowest BCUT2D eigenvalue weighted by molar-refractivity contribution is -0.167. The summed E-state index contributed by atoms with van der Waals surface area (Å²) in [5.74, 6) is 0.836. The fourth-order valence-corrected chi connectivity index (χ4v) is 9.58. The average Bonchev–Trinajstić information content (AvgIpc) is 3.31. The smallest absolute Gasteiger partial charge is 0.306 e. The Bertz CT molecular complexity index is 1040. The van der Waals surface area contributed by atoms with Crippen LogP contribution in [-0.4, -0.2) is 37.2 Å². The van der Waals surface area contributed by atoms with E-state index in [0.29, 0.717) is 19.3 Å². The highest BCUT2D eigenvalue weighted by atomic mass is 16.6. The second-order valence-electron chi connectivity index (χ2n) is 22.3. The third-order valence-corrected chi connectivity index (χ3v) is 14.2. The SMILES string of the molecule is CCCCCCCCCCCCCCCCCCCCC(=O)O[C@@H](COC(=O)CCCCCCCCCCCCCCCCCCC(C)C)COC(=O)CCCCCCCCCCCCC(C)C. The standard InChI is InChI=1S/C62H120O6/c1-6-7-8-9-10-11-12-13-14-15-16-21-24-27-34-39-44-49-54-62(65)68-59(56-67-61(64)53-48-43-38-33-29-28-31-36-41-46-51-58(4)5)55-66-60(63)52-47-42-37-32-26-23-20-18-17-19-22-25-30-35-40-45-50-57(2)3/h57-59H,6-56H2,1-5H3/t59-/m0/s1. The van der Waals surface area contributed by atoms with Gasteiger partial charge in [0.2, 0.25) is 0 Å². The lowest BCUT2D eigenvalue weighted by atomic mass is 10.0. The number of hydrogen-bond donors (Lipinski definition) is 0. The molecule has 0 spiro atoms. The molecule has 1 atom stereocenters. The number of unbranched alkanes of at least 4 members (excludes halogenated alkanes) is 41. The molecule has 0 amide bonds. The molecule has 0 aliphatic carbocycles. The zero-order valence-corrected chi connectivity index (χ0v) is 46.7. The molecule has 0 aromatic heterocycles. The summed E-state index contributed by atoms with van der Waals surface area (Å²) in [5, 5.41) is 0. The van der Waals surface area contributed by atoms with Gasteiger partial charge in [-0.2, -0.15) is 0 Å². The fourth-order valence-electron chi connectivity index (χ4n) is 9.58. The van der Waals surface area contributed by atoms with Gasteiger partial charge in [-0.15, -0.1) is 0 Å². The predicted octanol–water partition coefficient (Wildman–Crippen LogP) is 20.4. The molecule has 0 heterocycles. The number of carbonyl (C=O) groups is 3. The predicted molar refractivity (Wildman–Crippen MR) is 293 cm³/mol. The molecule has 0 aromatic rings. The van der Waals surface area contributed by atoms with Crippen molar-refractivity contribution in [1.82, 2.24) is 0 Å². The van der Waals surface area contributed by atoms with Crippen LogP contribution in [-0.2, 0) is 28.6 Å². The Morgan fingerprint density at radius 2 is 0.485 bits per heavy atom. The first-order chi connectivity index (χ1) is 33.2. The molecule has 0 fully saturated rings. The van der Waals surface area contributed by atoms with Crippen molar-refractivity contribution in [2.75, 3.05) is 13.2 Å². The molecule has 0 aromatic carbocycles. The minimum Gasteiger partial charge on any atom is -0.462 e. The van der Waals surface area contributed by atoms with Gasteiger partial charge < -0.3 is 14.2 Å². The molecule has 0 unspecified atom stereocenters.